The fraction of sp³-hybridized carbons (Fsp3) is 0.667. The molecule has 5 nitrogen and oxygen atoms in total. The molecule has 0 spiro atoms. The molecule has 1 saturated carbocycles. The molecule has 1 amide bonds. The van der Waals surface area contributed by atoms with Gasteiger partial charge in [0.05, 0.1) is 11.7 Å². The average Bonchev–Trinajstić information content (AvgIpc) is 2.86. The molecule has 0 bridgehead atoms. The van der Waals surface area contributed by atoms with E-state index in [9.17, 15) is 9.59 Å². The highest BCUT2D eigenvalue weighted by molar-refractivity contribution is 7.18. The number of aryl methyl sites for hydroxylation is 2. The van der Waals surface area contributed by atoms with Gasteiger partial charge in [-0.3, -0.25) is 14.2 Å². The first-order valence-corrected chi connectivity index (χ1v) is 11.1. The summed E-state index contributed by atoms with van der Waals surface area (Å²) in [5.41, 5.74) is 1.15. The zero-order valence-corrected chi connectivity index (χ0v) is 17.2. The molecule has 0 radical (unpaired) electrons. The summed E-state index contributed by atoms with van der Waals surface area (Å²) in [7, 11) is 1.89. The van der Waals surface area contributed by atoms with Gasteiger partial charge < -0.3 is 4.90 Å². The largest absolute Gasteiger partial charge is 0.341 e. The summed E-state index contributed by atoms with van der Waals surface area (Å²) < 4.78 is 1.52. The zero-order valence-electron chi connectivity index (χ0n) is 16.4. The summed E-state index contributed by atoms with van der Waals surface area (Å²) in [6, 6.07) is 0.288. The van der Waals surface area contributed by atoms with E-state index in [-0.39, 0.29) is 24.1 Å². The number of nitrogens with zero attached hydrogens (tertiary/aromatic N) is 3. The second-order valence-electron chi connectivity index (χ2n) is 8.26. The first-order chi connectivity index (χ1) is 13.1. The van der Waals surface area contributed by atoms with E-state index in [0.29, 0.717) is 5.92 Å². The van der Waals surface area contributed by atoms with Crippen LogP contribution in [0.2, 0.25) is 0 Å². The molecule has 2 unspecified atom stereocenters. The SMILES string of the molecule is CC1CCCCC1N(C)C(=O)Cn1cnc2sc3c(c2c1=O)CCCCC3. The van der Waals surface area contributed by atoms with Crippen molar-refractivity contribution in [2.75, 3.05) is 7.05 Å². The summed E-state index contributed by atoms with van der Waals surface area (Å²) in [4.78, 5) is 34.6. The van der Waals surface area contributed by atoms with Crippen LogP contribution >= 0.6 is 11.3 Å². The summed E-state index contributed by atoms with van der Waals surface area (Å²) in [6.07, 6.45) is 11.8. The molecule has 2 heterocycles. The van der Waals surface area contributed by atoms with Gasteiger partial charge in [-0.1, -0.05) is 26.2 Å². The Morgan fingerprint density at radius 3 is 2.81 bits per heavy atom. The van der Waals surface area contributed by atoms with Crippen LogP contribution in [0.25, 0.3) is 10.2 Å². The van der Waals surface area contributed by atoms with Crippen LogP contribution in [0, 0.1) is 5.92 Å². The van der Waals surface area contributed by atoms with Crippen molar-refractivity contribution in [1.29, 1.82) is 0 Å². The molecule has 2 aliphatic rings. The van der Waals surface area contributed by atoms with Crippen molar-refractivity contribution in [3.8, 4) is 0 Å². The predicted molar refractivity (Wildman–Crippen MR) is 109 cm³/mol. The maximum absolute atomic E-state index is 13.1. The van der Waals surface area contributed by atoms with Crippen molar-refractivity contribution < 1.29 is 4.79 Å². The summed E-state index contributed by atoms with van der Waals surface area (Å²) in [5.74, 6) is 0.538. The molecule has 6 heteroatoms. The number of aromatic nitrogens is 2. The third-order valence-electron chi connectivity index (χ3n) is 6.45. The van der Waals surface area contributed by atoms with Crippen LogP contribution in [0.5, 0.6) is 0 Å². The monoisotopic (exact) mass is 387 g/mol. The van der Waals surface area contributed by atoms with E-state index in [4.69, 9.17) is 0 Å². The molecule has 2 aromatic heterocycles. The minimum absolute atomic E-state index is 0.0123. The topological polar surface area (TPSA) is 55.2 Å². The Balaban J connectivity index is 1.60. The molecule has 2 aliphatic carbocycles. The lowest BCUT2D eigenvalue weighted by molar-refractivity contribution is -0.134. The Bertz CT molecular complexity index is 901. The Morgan fingerprint density at radius 1 is 1.22 bits per heavy atom. The van der Waals surface area contributed by atoms with Crippen LogP contribution in [0.15, 0.2) is 11.1 Å². The third kappa shape index (κ3) is 3.56. The highest BCUT2D eigenvalue weighted by atomic mass is 32.1. The van der Waals surface area contributed by atoms with Crippen molar-refractivity contribution in [3.63, 3.8) is 0 Å². The van der Waals surface area contributed by atoms with E-state index in [1.54, 1.807) is 17.7 Å². The smallest absolute Gasteiger partial charge is 0.262 e. The second-order valence-corrected chi connectivity index (χ2v) is 9.34. The van der Waals surface area contributed by atoms with Crippen LogP contribution in [0.4, 0.5) is 0 Å². The van der Waals surface area contributed by atoms with Crippen LogP contribution < -0.4 is 5.56 Å². The maximum Gasteiger partial charge on any atom is 0.262 e. The van der Waals surface area contributed by atoms with Crippen molar-refractivity contribution >= 4 is 27.5 Å². The van der Waals surface area contributed by atoms with E-state index in [1.807, 2.05) is 11.9 Å². The Kier molecular flexibility index (Phi) is 5.35. The number of carbonyl (C=O) groups excluding carboxylic acids is 1. The highest BCUT2D eigenvalue weighted by Gasteiger charge is 2.28. The number of thiophene rings is 1. The Labute approximate surface area is 164 Å². The molecule has 1 fully saturated rings. The predicted octanol–water partition coefficient (Wildman–Crippen LogP) is 3.76. The fourth-order valence-electron chi connectivity index (χ4n) is 4.78. The van der Waals surface area contributed by atoms with Gasteiger partial charge >= 0.3 is 0 Å². The van der Waals surface area contributed by atoms with Gasteiger partial charge in [0.15, 0.2) is 0 Å². The zero-order chi connectivity index (χ0) is 19.0. The van der Waals surface area contributed by atoms with Gasteiger partial charge in [-0.25, -0.2) is 4.98 Å². The standard InChI is InChI=1S/C21H29N3O2S/c1-14-8-6-7-10-16(14)23(2)18(25)12-24-13-22-20-19(21(24)26)15-9-4-3-5-11-17(15)27-20/h13-14,16H,3-12H2,1-2H3. The minimum atomic E-state index is -0.0437. The van der Waals surface area contributed by atoms with Gasteiger partial charge in [-0.2, -0.15) is 0 Å². The lowest BCUT2D eigenvalue weighted by atomic mass is 9.85. The molecule has 146 valence electrons. The molecule has 0 saturated heterocycles. The van der Waals surface area contributed by atoms with Crippen molar-refractivity contribution in [2.24, 2.45) is 5.92 Å². The molecule has 27 heavy (non-hydrogen) atoms. The quantitative estimate of drug-likeness (QED) is 0.754. The second kappa shape index (κ2) is 7.74. The van der Waals surface area contributed by atoms with Gasteiger partial charge in [0.25, 0.3) is 5.56 Å². The number of amides is 1. The van der Waals surface area contributed by atoms with Crippen LogP contribution in [-0.4, -0.2) is 33.4 Å². The van der Waals surface area contributed by atoms with Gasteiger partial charge in [-0.05, 0) is 50.0 Å². The fourth-order valence-corrected chi connectivity index (χ4v) is 6.00. The van der Waals surface area contributed by atoms with Gasteiger partial charge in [0, 0.05) is 18.0 Å². The molecule has 0 aromatic carbocycles. The first kappa shape index (κ1) is 18.7. The van der Waals surface area contributed by atoms with Gasteiger partial charge in [0.1, 0.15) is 11.4 Å². The molecule has 0 N–H and O–H groups in total. The van der Waals surface area contributed by atoms with Crippen LogP contribution in [0.1, 0.15) is 62.3 Å². The molecular weight excluding hydrogens is 358 g/mol. The van der Waals surface area contributed by atoms with E-state index < -0.39 is 0 Å². The van der Waals surface area contributed by atoms with E-state index in [2.05, 4.69) is 11.9 Å². The van der Waals surface area contributed by atoms with Crippen LogP contribution in [0.3, 0.4) is 0 Å². The lowest BCUT2D eigenvalue weighted by Crippen LogP contribution is -2.44. The summed E-state index contributed by atoms with van der Waals surface area (Å²) in [6.45, 7) is 2.32. The number of hydrogen-bond donors (Lipinski definition) is 0. The maximum atomic E-state index is 13.1. The lowest BCUT2D eigenvalue weighted by Gasteiger charge is -2.36. The molecule has 2 aromatic rings. The number of fused-ring (bicyclic) bond motifs is 3. The van der Waals surface area contributed by atoms with Crippen molar-refractivity contribution in [2.45, 2.75) is 77.3 Å². The molecule has 2 atom stereocenters. The van der Waals surface area contributed by atoms with E-state index in [0.717, 1.165) is 35.9 Å². The van der Waals surface area contributed by atoms with Crippen molar-refractivity contribution in [1.82, 2.24) is 14.5 Å². The molecular formula is C21H29N3O2S. The van der Waals surface area contributed by atoms with Gasteiger partial charge in [-0.15, -0.1) is 11.3 Å². The van der Waals surface area contributed by atoms with Crippen LogP contribution in [-0.2, 0) is 24.2 Å². The number of carbonyl (C=O) groups is 1. The first-order valence-electron chi connectivity index (χ1n) is 10.3. The van der Waals surface area contributed by atoms with Crippen molar-refractivity contribution in [3.05, 3.63) is 27.1 Å². The molecule has 4 rings (SSSR count). The van der Waals surface area contributed by atoms with Gasteiger partial charge in [0.2, 0.25) is 5.91 Å². The minimum Gasteiger partial charge on any atom is -0.341 e. The number of rotatable bonds is 3. The van der Waals surface area contributed by atoms with E-state index >= 15 is 0 Å². The highest BCUT2D eigenvalue weighted by Crippen LogP contribution is 2.32. The Hall–Kier alpha value is -1.69. The summed E-state index contributed by atoms with van der Waals surface area (Å²) in [5, 5.41) is 0.765. The molecule has 0 aliphatic heterocycles. The normalized spacial score (nSPS) is 23.0. The number of hydrogen-bond acceptors (Lipinski definition) is 4. The number of likely N-dealkylation sites (N-methyl/N-ethyl adjacent to an activating group) is 1. The third-order valence-corrected chi connectivity index (χ3v) is 7.65. The Morgan fingerprint density at radius 2 is 2.00 bits per heavy atom. The van der Waals surface area contributed by atoms with E-state index in [1.165, 1.54) is 47.1 Å². The average molecular weight is 388 g/mol. The summed E-state index contributed by atoms with van der Waals surface area (Å²) >= 11 is 1.66.